The van der Waals surface area contributed by atoms with Gasteiger partial charge in [-0.1, -0.05) is 38.1 Å². The van der Waals surface area contributed by atoms with Crippen LogP contribution < -0.4 is 5.32 Å². The average molecular weight is 273 g/mol. The average Bonchev–Trinajstić information content (AvgIpc) is 3.19. The zero-order valence-electron chi connectivity index (χ0n) is 12.2. The van der Waals surface area contributed by atoms with E-state index < -0.39 is 0 Å². The third-order valence-corrected chi connectivity index (χ3v) is 4.96. The molecule has 2 N–H and O–H groups in total. The number of hydrogen-bond donors (Lipinski definition) is 2. The van der Waals surface area contributed by atoms with E-state index in [0.29, 0.717) is 11.8 Å². The first kappa shape index (κ1) is 13.6. The molecule has 108 valence electrons. The lowest BCUT2D eigenvalue weighted by Gasteiger charge is -2.20. The Morgan fingerprint density at radius 1 is 1.40 bits per heavy atom. The van der Waals surface area contributed by atoms with Crippen molar-refractivity contribution < 1.29 is 9.90 Å². The van der Waals surface area contributed by atoms with Gasteiger partial charge in [0, 0.05) is 5.92 Å². The molecule has 3 heteroatoms. The van der Waals surface area contributed by atoms with Crippen LogP contribution in [0.1, 0.15) is 37.3 Å². The van der Waals surface area contributed by atoms with Crippen molar-refractivity contribution in [3.63, 3.8) is 0 Å². The van der Waals surface area contributed by atoms with Gasteiger partial charge in [0.15, 0.2) is 0 Å². The quantitative estimate of drug-likeness (QED) is 0.882. The summed E-state index contributed by atoms with van der Waals surface area (Å²) in [4.78, 5) is 12.4. The molecular formula is C17H23NO2. The van der Waals surface area contributed by atoms with Gasteiger partial charge in [0.05, 0.1) is 12.6 Å². The van der Waals surface area contributed by atoms with Gasteiger partial charge in [0.25, 0.3) is 0 Å². The number of aliphatic hydroxyl groups is 1. The largest absolute Gasteiger partial charge is 0.394 e. The maximum absolute atomic E-state index is 12.4. The first-order valence-electron chi connectivity index (χ1n) is 7.62. The molecule has 0 saturated heterocycles. The van der Waals surface area contributed by atoms with E-state index in [-0.39, 0.29) is 30.4 Å². The number of amides is 1. The fourth-order valence-electron chi connectivity index (χ4n) is 3.63. The lowest BCUT2D eigenvalue weighted by Crippen LogP contribution is -2.42. The van der Waals surface area contributed by atoms with Crippen molar-refractivity contribution >= 4 is 5.91 Å². The Kier molecular flexibility index (Phi) is 3.55. The molecule has 0 aliphatic heterocycles. The molecule has 1 aromatic rings. The number of rotatable bonds is 4. The van der Waals surface area contributed by atoms with Crippen LogP contribution in [0.3, 0.4) is 0 Å². The Morgan fingerprint density at radius 2 is 2.15 bits per heavy atom. The lowest BCUT2D eigenvalue weighted by atomic mass is 9.92. The molecule has 0 heterocycles. The van der Waals surface area contributed by atoms with Gasteiger partial charge in [0.1, 0.15) is 0 Å². The molecule has 0 aromatic heterocycles. The zero-order valence-corrected chi connectivity index (χ0v) is 12.2. The number of carbonyl (C=O) groups excluding carboxylic acids is 1. The molecule has 1 fully saturated rings. The minimum absolute atomic E-state index is 0.0159. The van der Waals surface area contributed by atoms with E-state index in [1.807, 2.05) is 13.8 Å². The first-order valence-corrected chi connectivity index (χ1v) is 7.62. The van der Waals surface area contributed by atoms with E-state index in [0.717, 1.165) is 12.8 Å². The standard InChI is InChI=1S/C17H23NO2/c1-10(2)14(9-19)18-17(20)16-13-8-7-11-5-3-4-6-12(11)15(13)16/h3-6,10,13-16,19H,7-9H2,1-2H3,(H,18,20)/t13?,14-,15?,16?/m1/s1. The SMILES string of the molecule is CC(C)[C@@H](CO)NC(=O)C1C2CCc3ccccc3C21. The number of hydrogen-bond acceptors (Lipinski definition) is 2. The van der Waals surface area contributed by atoms with Gasteiger partial charge in [0.2, 0.25) is 5.91 Å². The van der Waals surface area contributed by atoms with Crippen molar-refractivity contribution in [3.8, 4) is 0 Å². The number of carbonyl (C=O) groups is 1. The van der Waals surface area contributed by atoms with Crippen LogP contribution in [-0.4, -0.2) is 23.7 Å². The van der Waals surface area contributed by atoms with Gasteiger partial charge in [-0.15, -0.1) is 0 Å². The Hall–Kier alpha value is -1.35. The number of benzene rings is 1. The summed E-state index contributed by atoms with van der Waals surface area (Å²) in [6.45, 7) is 4.06. The smallest absolute Gasteiger partial charge is 0.224 e. The zero-order chi connectivity index (χ0) is 14.3. The Bertz CT molecular complexity index is 511. The molecule has 3 unspecified atom stereocenters. The van der Waals surface area contributed by atoms with Gasteiger partial charge in [-0.25, -0.2) is 0 Å². The van der Waals surface area contributed by atoms with Gasteiger partial charge >= 0.3 is 0 Å². The van der Waals surface area contributed by atoms with E-state index in [1.54, 1.807) is 0 Å². The maximum atomic E-state index is 12.4. The molecule has 2 aliphatic rings. The van der Waals surface area contributed by atoms with Crippen molar-refractivity contribution in [2.75, 3.05) is 6.61 Å². The Morgan fingerprint density at radius 3 is 2.85 bits per heavy atom. The lowest BCUT2D eigenvalue weighted by molar-refractivity contribution is -0.124. The molecule has 0 radical (unpaired) electrons. The van der Waals surface area contributed by atoms with Crippen LogP contribution in [0.4, 0.5) is 0 Å². The van der Waals surface area contributed by atoms with Gasteiger partial charge in [-0.05, 0) is 41.7 Å². The molecule has 3 nitrogen and oxygen atoms in total. The van der Waals surface area contributed by atoms with Gasteiger partial charge < -0.3 is 10.4 Å². The van der Waals surface area contributed by atoms with E-state index in [1.165, 1.54) is 11.1 Å². The number of fused-ring (bicyclic) bond motifs is 3. The number of nitrogens with one attached hydrogen (secondary N) is 1. The van der Waals surface area contributed by atoms with Crippen LogP contribution >= 0.6 is 0 Å². The molecule has 3 rings (SSSR count). The summed E-state index contributed by atoms with van der Waals surface area (Å²) >= 11 is 0. The highest BCUT2D eigenvalue weighted by Gasteiger charge is 2.57. The molecular weight excluding hydrogens is 250 g/mol. The predicted octanol–water partition coefficient (Wildman–Crippen LogP) is 2.10. The summed E-state index contributed by atoms with van der Waals surface area (Å²) in [6, 6.07) is 8.38. The highest BCUT2D eigenvalue weighted by atomic mass is 16.3. The fraction of sp³-hybridized carbons (Fsp3) is 0.588. The minimum Gasteiger partial charge on any atom is -0.394 e. The van der Waals surface area contributed by atoms with E-state index in [9.17, 15) is 9.90 Å². The number of aryl methyl sites for hydroxylation is 1. The molecule has 20 heavy (non-hydrogen) atoms. The van der Waals surface area contributed by atoms with Crippen molar-refractivity contribution in [1.29, 1.82) is 0 Å². The summed E-state index contributed by atoms with van der Waals surface area (Å²) in [5, 5.41) is 12.4. The monoisotopic (exact) mass is 273 g/mol. The molecule has 4 atom stereocenters. The second kappa shape index (κ2) is 5.21. The third-order valence-electron chi connectivity index (χ3n) is 4.96. The molecule has 1 aromatic carbocycles. The van der Waals surface area contributed by atoms with Crippen LogP contribution in [0.25, 0.3) is 0 Å². The Labute approximate surface area is 120 Å². The van der Waals surface area contributed by atoms with Crippen molar-refractivity contribution in [2.24, 2.45) is 17.8 Å². The van der Waals surface area contributed by atoms with E-state index in [2.05, 4.69) is 29.6 Å². The van der Waals surface area contributed by atoms with Gasteiger partial charge in [-0.3, -0.25) is 4.79 Å². The van der Waals surface area contributed by atoms with E-state index in [4.69, 9.17) is 0 Å². The van der Waals surface area contributed by atoms with Crippen LogP contribution in [0.2, 0.25) is 0 Å². The molecule has 0 bridgehead atoms. The van der Waals surface area contributed by atoms with Crippen LogP contribution in [-0.2, 0) is 11.2 Å². The van der Waals surface area contributed by atoms with Crippen LogP contribution in [0, 0.1) is 17.8 Å². The third kappa shape index (κ3) is 2.24. The summed E-state index contributed by atoms with van der Waals surface area (Å²) in [5.74, 6) is 1.43. The summed E-state index contributed by atoms with van der Waals surface area (Å²) in [6.07, 6.45) is 2.21. The highest BCUT2D eigenvalue weighted by Crippen LogP contribution is 2.59. The second-order valence-corrected chi connectivity index (χ2v) is 6.49. The molecule has 0 spiro atoms. The molecule has 1 saturated carbocycles. The van der Waals surface area contributed by atoms with Crippen LogP contribution in [0.15, 0.2) is 24.3 Å². The normalized spacial score (nSPS) is 28.5. The second-order valence-electron chi connectivity index (χ2n) is 6.49. The van der Waals surface area contributed by atoms with Crippen molar-refractivity contribution in [3.05, 3.63) is 35.4 Å². The molecule has 1 amide bonds. The van der Waals surface area contributed by atoms with Crippen molar-refractivity contribution in [1.82, 2.24) is 5.32 Å². The van der Waals surface area contributed by atoms with Crippen molar-refractivity contribution in [2.45, 2.75) is 38.6 Å². The maximum Gasteiger partial charge on any atom is 0.224 e. The fourth-order valence-corrected chi connectivity index (χ4v) is 3.63. The van der Waals surface area contributed by atoms with Crippen LogP contribution in [0.5, 0.6) is 0 Å². The predicted molar refractivity (Wildman–Crippen MR) is 78.3 cm³/mol. The summed E-state index contributed by atoms with van der Waals surface area (Å²) in [7, 11) is 0. The molecule has 2 aliphatic carbocycles. The Balaban J connectivity index is 1.71. The highest BCUT2D eigenvalue weighted by molar-refractivity contribution is 5.84. The summed E-state index contributed by atoms with van der Waals surface area (Å²) in [5.41, 5.74) is 2.78. The number of aliphatic hydroxyl groups excluding tert-OH is 1. The topological polar surface area (TPSA) is 49.3 Å². The minimum atomic E-state index is -0.125. The van der Waals surface area contributed by atoms with Gasteiger partial charge in [-0.2, -0.15) is 0 Å². The van der Waals surface area contributed by atoms with E-state index >= 15 is 0 Å². The summed E-state index contributed by atoms with van der Waals surface area (Å²) < 4.78 is 0. The first-order chi connectivity index (χ1) is 9.63.